The Morgan fingerprint density at radius 1 is 1.75 bits per heavy atom. The molecule has 0 saturated heterocycles. The summed E-state index contributed by atoms with van der Waals surface area (Å²) in [6.45, 7) is 1.95. The Labute approximate surface area is 52.7 Å². The fourth-order valence-corrected chi connectivity index (χ4v) is 1.28. The molecule has 0 fully saturated rings. The van der Waals surface area contributed by atoms with Crippen molar-refractivity contribution in [2.75, 3.05) is 13.4 Å². The maximum Gasteiger partial charge on any atom is 0.131 e. The van der Waals surface area contributed by atoms with Gasteiger partial charge in [-0.25, -0.2) is 0 Å². The Balaban J connectivity index is 3.52. The molecule has 3 heteroatoms. The van der Waals surface area contributed by atoms with Crippen molar-refractivity contribution < 1.29 is 8.95 Å². The fourth-order valence-electron chi connectivity index (χ4n) is 0.537. The first kappa shape index (κ1) is 8.11. The molecular formula is C5H12O2S. The van der Waals surface area contributed by atoms with Crippen LogP contribution in [0.1, 0.15) is 13.3 Å². The Bertz CT molecular complexity index is 78.5. The van der Waals surface area contributed by atoms with Gasteiger partial charge in [-0.15, -0.1) is 0 Å². The van der Waals surface area contributed by atoms with Gasteiger partial charge >= 0.3 is 0 Å². The molecule has 0 aromatic rings. The van der Waals surface area contributed by atoms with E-state index in [0.717, 1.165) is 6.42 Å². The van der Waals surface area contributed by atoms with Crippen molar-refractivity contribution in [2.24, 2.45) is 0 Å². The van der Waals surface area contributed by atoms with E-state index in [1.54, 1.807) is 13.4 Å². The number of hydrogen-bond acceptors (Lipinski definition) is 2. The second kappa shape index (κ2) is 4.04. The van der Waals surface area contributed by atoms with Crippen molar-refractivity contribution in [1.82, 2.24) is 0 Å². The molecule has 0 rings (SSSR count). The smallest absolute Gasteiger partial charge is 0.131 e. The summed E-state index contributed by atoms with van der Waals surface area (Å²) in [5.74, 6) is 0. The van der Waals surface area contributed by atoms with Crippen LogP contribution in [0.3, 0.4) is 0 Å². The minimum absolute atomic E-state index is 0.0741. The number of methoxy groups -OCH3 is 1. The van der Waals surface area contributed by atoms with Crippen molar-refractivity contribution in [3.05, 3.63) is 0 Å². The first-order chi connectivity index (χ1) is 3.72. The van der Waals surface area contributed by atoms with E-state index in [1.807, 2.05) is 6.92 Å². The van der Waals surface area contributed by atoms with Crippen LogP contribution in [0.15, 0.2) is 0 Å². The van der Waals surface area contributed by atoms with Gasteiger partial charge in [0.2, 0.25) is 0 Å². The summed E-state index contributed by atoms with van der Waals surface area (Å²) >= 11 is 0. The normalized spacial score (nSPS) is 17.9. The highest BCUT2D eigenvalue weighted by molar-refractivity contribution is 7.84. The zero-order chi connectivity index (χ0) is 6.57. The van der Waals surface area contributed by atoms with Crippen LogP contribution in [0.5, 0.6) is 0 Å². The molecule has 0 amide bonds. The summed E-state index contributed by atoms with van der Waals surface area (Å²) in [7, 11) is 0.753. The topological polar surface area (TPSA) is 26.3 Å². The van der Waals surface area contributed by atoms with Crippen molar-refractivity contribution in [1.29, 1.82) is 0 Å². The van der Waals surface area contributed by atoms with Crippen molar-refractivity contribution in [3.63, 3.8) is 0 Å². The van der Waals surface area contributed by atoms with Crippen molar-refractivity contribution in [3.8, 4) is 0 Å². The molecule has 2 atom stereocenters. The number of hydrogen-bond donors (Lipinski definition) is 0. The standard InChI is InChI=1S/C5H12O2S/c1-4-5(7-2)8(3)6/h5H,4H2,1-3H3. The van der Waals surface area contributed by atoms with Gasteiger partial charge in [-0.3, -0.25) is 4.21 Å². The number of ether oxygens (including phenoxy) is 1. The summed E-state index contributed by atoms with van der Waals surface area (Å²) in [5, 5.41) is 0. The largest absolute Gasteiger partial charge is 0.368 e. The van der Waals surface area contributed by atoms with Crippen LogP contribution in [0.25, 0.3) is 0 Å². The summed E-state index contributed by atoms with van der Waals surface area (Å²) < 4.78 is 15.5. The maximum atomic E-state index is 10.6. The van der Waals surface area contributed by atoms with E-state index >= 15 is 0 Å². The summed E-state index contributed by atoms with van der Waals surface area (Å²) in [5.41, 5.74) is -0.0741. The Morgan fingerprint density at radius 2 is 2.25 bits per heavy atom. The first-order valence-corrected chi connectivity index (χ1v) is 4.19. The summed E-state index contributed by atoms with van der Waals surface area (Å²) in [4.78, 5) is 0. The molecule has 0 aromatic heterocycles. The van der Waals surface area contributed by atoms with E-state index in [4.69, 9.17) is 4.74 Å². The highest BCUT2D eigenvalue weighted by Crippen LogP contribution is 1.98. The van der Waals surface area contributed by atoms with E-state index in [2.05, 4.69) is 0 Å². The Hall–Kier alpha value is 0.110. The van der Waals surface area contributed by atoms with Crippen LogP contribution in [0.4, 0.5) is 0 Å². The lowest BCUT2D eigenvalue weighted by Crippen LogP contribution is -2.14. The zero-order valence-corrected chi connectivity index (χ0v) is 6.33. The second-order valence-electron chi connectivity index (χ2n) is 1.57. The van der Waals surface area contributed by atoms with Gasteiger partial charge in [-0.1, -0.05) is 6.92 Å². The first-order valence-electron chi connectivity index (χ1n) is 2.57. The van der Waals surface area contributed by atoms with Gasteiger partial charge in [-0.05, 0) is 6.42 Å². The molecule has 0 spiro atoms. The second-order valence-corrected chi connectivity index (χ2v) is 3.10. The van der Waals surface area contributed by atoms with Crippen LogP contribution in [0, 0.1) is 0 Å². The zero-order valence-electron chi connectivity index (χ0n) is 5.51. The molecule has 0 radical (unpaired) electrons. The molecule has 0 aliphatic carbocycles. The lowest BCUT2D eigenvalue weighted by molar-refractivity contribution is 0.166. The van der Waals surface area contributed by atoms with E-state index in [-0.39, 0.29) is 5.44 Å². The van der Waals surface area contributed by atoms with Gasteiger partial charge < -0.3 is 4.74 Å². The molecule has 0 aromatic carbocycles. The third kappa shape index (κ3) is 2.43. The Kier molecular flexibility index (Phi) is 4.09. The third-order valence-electron chi connectivity index (χ3n) is 0.966. The summed E-state index contributed by atoms with van der Waals surface area (Å²) in [6, 6.07) is 0. The lowest BCUT2D eigenvalue weighted by Gasteiger charge is -2.07. The van der Waals surface area contributed by atoms with Crippen LogP contribution in [-0.4, -0.2) is 23.0 Å². The highest BCUT2D eigenvalue weighted by Gasteiger charge is 2.05. The van der Waals surface area contributed by atoms with Gasteiger partial charge in [0, 0.05) is 24.2 Å². The van der Waals surface area contributed by atoms with Gasteiger partial charge in [0.25, 0.3) is 0 Å². The van der Waals surface area contributed by atoms with Crippen molar-refractivity contribution >= 4 is 10.8 Å². The molecule has 2 unspecified atom stereocenters. The van der Waals surface area contributed by atoms with Crippen LogP contribution < -0.4 is 0 Å². The molecule has 8 heavy (non-hydrogen) atoms. The maximum absolute atomic E-state index is 10.6. The van der Waals surface area contributed by atoms with Crippen LogP contribution in [-0.2, 0) is 15.5 Å². The lowest BCUT2D eigenvalue weighted by atomic mass is 10.5. The van der Waals surface area contributed by atoms with E-state index in [9.17, 15) is 4.21 Å². The summed E-state index contributed by atoms with van der Waals surface area (Å²) in [6.07, 6.45) is 2.47. The average Bonchev–Trinajstić information content (AvgIpc) is 1.69. The molecule has 0 aliphatic heterocycles. The van der Waals surface area contributed by atoms with Gasteiger partial charge in [0.05, 0.1) is 0 Å². The highest BCUT2D eigenvalue weighted by atomic mass is 32.2. The van der Waals surface area contributed by atoms with Crippen molar-refractivity contribution in [2.45, 2.75) is 18.8 Å². The SMILES string of the molecule is CCC(OC)S(C)=O. The molecule has 0 aliphatic rings. The Morgan fingerprint density at radius 3 is 2.25 bits per heavy atom. The fraction of sp³-hybridized carbons (Fsp3) is 1.00. The molecule has 0 saturated carbocycles. The van der Waals surface area contributed by atoms with E-state index in [0.29, 0.717) is 0 Å². The van der Waals surface area contributed by atoms with E-state index < -0.39 is 10.8 Å². The van der Waals surface area contributed by atoms with Crippen LogP contribution in [0.2, 0.25) is 0 Å². The monoisotopic (exact) mass is 136 g/mol. The van der Waals surface area contributed by atoms with E-state index in [1.165, 1.54) is 0 Å². The minimum atomic E-state index is -0.826. The molecule has 0 heterocycles. The quantitative estimate of drug-likeness (QED) is 0.572. The predicted molar refractivity (Wildman–Crippen MR) is 35.2 cm³/mol. The van der Waals surface area contributed by atoms with Gasteiger partial charge in [0.15, 0.2) is 0 Å². The van der Waals surface area contributed by atoms with Crippen LogP contribution >= 0.6 is 0 Å². The molecule has 2 nitrogen and oxygen atoms in total. The predicted octanol–water partition coefficient (Wildman–Crippen LogP) is 0.747. The molecule has 0 bridgehead atoms. The molecule has 50 valence electrons. The number of rotatable bonds is 3. The molecular weight excluding hydrogens is 124 g/mol. The van der Waals surface area contributed by atoms with Gasteiger partial charge in [-0.2, -0.15) is 0 Å². The molecule has 0 N–H and O–H groups in total. The average molecular weight is 136 g/mol. The minimum Gasteiger partial charge on any atom is -0.368 e. The van der Waals surface area contributed by atoms with Gasteiger partial charge in [0.1, 0.15) is 5.44 Å². The third-order valence-corrected chi connectivity index (χ3v) is 2.23.